The van der Waals surface area contributed by atoms with E-state index in [0.717, 1.165) is 13.1 Å². The van der Waals surface area contributed by atoms with Crippen molar-refractivity contribution >= 4 is 47.5 Å². The van der Waals surface area contributed by atoms with Crippen LogP contribution in [0.5, 0.6) is 0 Å². The number of hydrogen-bond donors (Lipinski definition) is 1. The summed E-state index contributed by atoms with van der Waals surface area (Å²) in [6, 6.07) is 8.88. The van der Waals surface area contributed by atoms with E-state index in [1.807, 2.05) is 11.8 Å². The highest BCUT2D eigenvalue weighted by Gasteiger charge is 2.27. The van der Waals surface area contributed by atoms with E-state index in [-0.39, 0.29) is 24.8 Å². The number of thioether (sulfide) groups is 1. The van der Waals surface area contributed by atoms with Crippen molar-refractivity contribution in [2.75, 3.05) is 26.5 Å². The maximum absolute atomic E-state index is 5.82. The summed E-state index contributed by atoms with van der Waals surface area (Å²) in [7, 11) is 4.29. The van der Waals surface area contributed by atoms with Gasteiger partial charge in [-0.3, -0.25) is 0 Å². The minimum absolute atomic E-state index is 0. The molecule has 1 aromatic carbocycles. The van der Waals surface area contributed by atoms with Gasteiger partial charge in [0.25, 0.3) is 0 Å². The number of para-hydroxylation sites is 1. The number of nitrogens with two attached hydrogens (primary N) is 1. The Morgan fingerprint density at radius 1 is 1.26 bits per heavy atom. The Morgan fingerprint density at radius 2 is 2.00 bits per heavy atom. The molecule has 0 saturated heterocycles. The zero-order chi connectivity index (χ0) is 14.8. The Hall–Kier alpha value is -0.390. The maximum atomic E-state index is 5.82. The third-order valence-corrected chi connectivity index (χ3v) is 5.46. The van der Waals surface area contributed by atoms with Gasteiger partial charge in [-0.2, -0.15) is 0 Å². The molecule has 1 unspecified atom stereocenters. The first-order chi connectivity index (χ1) is 10.2. The topological polar surface area (TPSA) is 34.2 Å². The monoisotopic (exact) mass is 375 g/mol. The van der Waals surface area contributed by atoms with Crippen LogP contribution in [-0.4, -0.2) is 36.0 Å². The van der Waals surface area contributed by atoms with Crippen molar-refractivity contribution in [1.82, 2.24) is 9.47 Å². The van der Waals surface area contributed by atoms with Gasteiger partial charge in [-0.15, -0.1) is 36.6 Å². The van der Waals surface area contributed by atoms with E-state index in [0.29, 0.717) is 11.1 Å². The fourth-order valence-corrected chi connectivity index (χ4v) is 4.44. The summed E-state index contributed by atoms with van der Waals surface area (Å²) in [4.78, 5) is 2.26. The van der Waals surface area contributed by atoms with Crippen LogP contribution in [0.15, 0.2) is 24.3 Å². The van der Waals surface area contributed by atoms with E-state index < -0.39 is 0 Å². The summed E-state index contributed by atoms with van der Waals surface area (Å²) in [5.41, 5.74) is 10.3. The number of likely N-dealkylation sites (N-methyl/N-ethyl adjacent to an activating group) is 1. The van der Waals surface area contributed by atoms with Crippen molar-refractivity contribution in [3.63, 3.8) is 0 Å². The molecule has 1 aliphatic rings. The van der Waals surface area contributed by atoms with Crippen molar-refractivity contribution in [2.24, 2.45) is 5.73 Å². The largest absolute Gasteiger partial charge is 0.343 e. The van der Waals surface area contributed by atoms with E-state index >= 15 is 0 Å². The molecule has 1 aromatic heterocycles. The number of hydrogen-bond acceptors (Lipinski definition) is 3. The lowest BCUT2D eigenvalue weighted by Gasteiger charge is -2.24. The van der Waals surface area contributed by atoms with Crippen LogP contribution < -0.4 is 5.73 Å². The van der Waals surface area contributed by atoms with Gasteiger partial charge in [0, 0.05) is 40.8 Å². The molecule has 0 amide bonds. The van der Waals surface area contributed by atoms with Crippen molar-refractivity contribution in [1.29, 1.82) is 0 Å². The molecule has 0 spiro atoms. The van der Waals surface area contributed by atoms with Gasteiger partial charge >= 0.3 is 0 Å². The van der Waals surface area contributed by atoms with Crippen molar-refractivity contribution in [3.8, 4) is 0 Å². The quantitative estimate of drug-likeness (QED) is 0.799. The van der Waals surface area contributed by atoms with Crippen LogP contribution in [0.3, 0.4) is 0 Å². The fourth-order valence-electron chi connectivity index (χ4n) is 3.45. The normalized spacial score (nSPS) is 16.8. The standard InChI is InChI=1S/C17H25N3S.2ClH/c1-19(2)10-11-20-14-7-4-3-6-13(14)17-15(20)8-5-9-16(17)21-12-18;;/h3-4,6-7,16H,5,8-12,18H2,1-2H3;2*1H. The lowest BCUT2D eigenvalue weighted by Crippen LogP contribution is -2.20. The van der Waals surface area contributed by atoms with Crippen LogP contribution in [-0.2, 0) is 13.0 Å². The highest BCUT2D eigenvalue weighted by molar-refractivity contribution is 7.99. The van der Waals surface area contributed by atoms with Crippen molar-refractivity contribution in [2.45, 2.75) is 31.1 Å². The van der Waals surface area contributed by atoms with Gasteiger partial charge in [-0.25, -0.2) is 0 Å². The second kappa shape index (κ2) is 9.19. The first kappa shape index (κ1) is 20.7. The summed E-state index contributed by atoms with van der Waals surface area (Å²) in [6.07, 6.45) is 3.75. The third kappa shape index (κ3) is 4.18. The molecule has 3 rings (SSSR count). The number of benzene rings is 1. The molecular formula is C17H27Cl2N3S. The van der Waals surface area contributed by atoms with Gasteiger partial charge in [-0.05, 0) is 45.0 Å². The number of aromatic nitrogens is 1. The smallest absolute Gasteiger partial charge is 0.0486 e. The van der Waals surface area contributed by atoms with Gasteiger partial charge in [0.15, 0.2) is 0 Å². The molecule has 23 heavy (non-hydrogen) atoms. The molecule has 130 valence electrons. The Labute approximate surface area is 155 Å². The average Bonchev–Trinajstić information content (AvgIpc) is 2.80. The van der Waals surface area contributed by atoms with E-state index in [1.54, 1.807) is 11.3 Å². The fraction of sp³-hybridized carbons (Fsp3) is 0.529. The summed E-state index contributed by atoms with van der Waals surface area (Å²) >= 11 is 1.90. The summed E-state index contributed by atoms with van der Waals surface area (Å²) < 4.78 is 2.55. The Morgan fingerprint density at radius 3 is 2.70 bits per heavy atom. The zero-order valence-electron chi connectivity index (χ0n) is 13.8. The van der Waals surface area contributed by atoms with Crippen LogP contribution in [0.2, 0.25) is 0 Å². The highest BCUT2D eigenvalue weighted by atomic mass is 35.5. The molecule has 0 fully saturated rings. The molecule has 6 heteroatoms. The minimum atomic E-state index is 0. The molecule has 3 nitrogen and oxygen atoms in total. The van der Waals surface area contributed by atoms with Crippen LogP contribution in [0.25, 0.3) is 10.9 Å². The SMILES string of the molecule is CN(C)CCn1c2c(c3ccccc31)C(SCN)CCC2.Cl.Cl. The molecule has 2 aromatic rings. The van der Waals surface area contributed by atoms with E-state index in [9.17, 15) is 0 Å². The molecule has 1 atom stereocenters. The van der Waals surface area contributed by atoms with Crippen molar-refractivity contribution in [3.05, 3.63) is 35.5 Å². The third-order valence-electron chi connectivity index (χ3n) is 4.39. The van der Waals surface area contributed by atoms with E-state index in [1.165, 1.54) is 30.2 Å². The Kier molecular flexibility index (Phi) is 8.25. The molecule has 1 aliphatic carbocycles. The highest BCUT2D eigenvalue weighted by Crippen LogP contribution is 2.44. The minimum Gasteiger partial charge on any atom is -0.343 e. The predicted octanol–water partition coefficient (Wildman–Crippen LogP) is 4.07. The summed E-state index contributed by atoms with van der Waals surface area (Å²) in [6.45, 7) is 2.16. The molecule has 0 aliphatic heterocycles. The van der Waals surface area contributed by atoms with E-state index in [2.05, 4.69) is 47.8 Å². The zero-order valence-corrected chi connectivity index (χ0v) is 16.3. The van der Waals surface area contributed by atoms with Gasteiger partial charge in [0.2, 0.25) is 0 Å². The predicted molar refractivity (Wildman–Crippen MR) is 107 cm³/mol. The number of rotatable bonds is 5. The van der Waals surface area contributed by atoms with E-state index in [4.69, 9.17) is 5.73 Å². The first-order valence-corrected chi connectivity index (χ1v) is 8.83. The second-order valence-electron chi connectivity index (χ2n) is 6.05. The molecule has 2 N–H and O–H groups in total. The Balaban J connectivity index is 0.00000132. The van der Waals surface area contributed by atoms with Gasteiger partial charge in [0.1, 0.15) is 0 Å². The maximum Gasteiger partial charge on any atom is 0.0486 e. The number of nitrogens with zero attached hydrogens (tertiary/aromatic N) is 2. The lowest BCUT2D eigenvalue weighted by molar-refractivity contribution is 0.383. The van der Waals surface area contributed by atoms with Crippen LogP contribution in [0.4, 0.5) is 0 Å². The van der Waals surface area contributed by atoms with Gasteiger partial charge in [0.05, 0.1) is 0 Å². The van der Waals surface area contributed by atoms with Crippen LogP contribution in [0, 0.1) is 0 Å². The van der Waals surface area contributed by atoms with Crippen molar-refractivity contribution < 1.29 is 0 Å². The molecular weight excluding hydrogens is 349 g/mol. The number of halogens is 2. The number of fused-ring (bicyclic) bond motifs is 3. The molecule has 0 bridgehead atoms. The lowest BCUT2D eigenvalue weighted by atomic mass is 9.95. The molecule has 0 saturated carbocycles. The van der Waals surface area contributed by atoms with Gasteiger partial charge < -0.3 is 15.2 Å². The summed E-state index contributed by atoms with van der Waals surface area (Å²) in [5, 5.41) is 2.01. The molecule has 1 heterocycles. The summed E-state index contributed by atoms with van der Waals surface area (Å²) in [5.74, 6) is 0.710. The van der Waals surface area contributed by atoms with Crippen LogP contribution in [0.1, 0.15) is 29.3 Å². The average molecular weight is 376 g/mol. The second-order valence-corrected chi connectivity index (χ2v) is 7.28. The Bertz CT molecular complexity index is 628. The first-order valence-electron chi connectivity index (χ1n) is 7.78. The van der Waals surface area contributed by atoms with Gasteiger partial charge in [-0.1, -0.05) is 18.2 Å². The molecule has 0 radical (unpaired) electrons. The van der Waals surface area contributed by atoms with Crippen LogP contribution >= 0.6 is 36.6 Å².